The number of carbonyl (C=O) groups is 3. The number of aryl methyl sites for hydroxylation is 1. The molecule has 43 heavy (non-hydrogen) atoms. The summed E-state index contributed by atoms with van der Waals surface area (Å²) in [5, 5.41) is 13.1. The first-order valence-corrected chi connectivity index (χ1v) is 13.5. The van der Waals surface area contributed by atoms with Crippen molar-refractivity contribution in [3.05, 3.63) is 88.3 Å². The van der Waals surface area contributed by atoms with Gasteiger partial charge in [0.25, 0.3) is 11.4 Å². The number of nitrogens with one attached hydrogen (secondary N) is 2. The number of nitrogens with zero attached hydrogens (tertiary/aromatic N) is 5. The van der Waals surface area contributed by atoms with E-state index in [4.69, 9.17) is 4.42 Å². The zero-order valence-corrected chi connectivity index (χ0v) is 24.7. The predicted octanol–water partition coefficient (Wildman–Crippen LogP) is 3.52. The van der Waals surface area contributed by atoms with Gasteiger partial charge in [0, 0.05) is 11.3 Å². The van der Waals surface area contributed by atoms with Crippen LogP contribution in [0.3, 0.4) is 0 Å². The minimum atomic E-state index is -1.04. The van der Waals surface area contributed by atoms with Gasteiger partial charge in [-0.15, -0.1) is 10.2 Å². The molecule has 13 nitrogen and oxygen atoms in total. The monoisotopic (exact) mass is 587 g/mol. The Morgan fingerprint density at radius 3 is 2.42 bits per heavy atom. The summed E-state index contributed by atoms with van der Waals surface area (Å²) in [5.74, 6) is -1.46. The molecule has 4 aromatic rings. The number of hydrogen-bond donors (Lipinski definition) is 2. The molecular weight excluding hydrogens is 554 g/mol. The fourth-order valence-electron chi connectivity index (χ4n) is 4.31. The quantitative estimate of drug-likeness (QED) is 0.262. The average Bonchev–Trinajstić information content (AvgIpc) is 3.49. The van der Waals surface area contributed by atoms with Gasteiger partial charge < -0.3 is 14.5 Å². The number of amides is 2. The lowest BCUT2D eigenvalue weighted by Gasteiger charge is -2.21. The number of methoxy groups -OCH3 is 1. The molecule has 0 fully saturated rings. The van der Waals surface area contributed by atoms with Crippen LogP contribution < -0.4 is 16.2 Å². The van der Waals surface area contributed by atoms with Crippen molar-refractivity contribution in [2.45, 2.75) is 52.6 Å². The first-order valence-electron chi connectivity index (χ1n) is 13.5. The number of ether oxygens (including phenoxy) is 1. The number of Topliss-reactive ketones (excluding diaryl/α,β-unsaturated/α-hetero) is 1. The lowest BCUT2D eigenvalue weighted by Crippen LogP contribution is -2.46. The minimum Gasteiger partial charge on any atom is -0.453 e. The number of ketones is 1. The summed E-state index contributed by atoms with van der Waals surface area (Å²) in [7, 11) is 1.16. The Balaban J connectivity index is 1.60. The molecule has 2 N–H and O–H groups in total. The van der Waals surface area contributed by atoms with E-state index in [0.717, 1.165) is 17.4 Å². The predicted molar refractivity (Wildman–Crippen MR) is 156 cm³/mol. The molecule has 0 spiro atoms. The van der Waals surface area contributed by atoms with Crippen LogP contribution in [0.5, 0.6) is 0 Å². The van der Waals surface area contributed by atoms with Crippen molar-refractivity contribution in [3.63, 3.8) is 0 Å². The van der Waals surface area contributed by atoms with E-state index in [1.165, 1.54) is 6.20 Å². The Morgan fingerprint density at radius 1 is 1.05 bits per heavy atom. The zero-order valence-electron chi connectivity index (χ0n) is 24.7. The zero-order chi connectivity index (χ0) is 31.3. The molecule has 1 atom stereocenters. The Labute approximate surface area is 247 Å². The number of aromatic nitrogens is 5. The van der Waals surface area contributed by atoms with Gasteiger partial charge in [-0.25, -0.2) is 9.78 Å². The molecule has 0 radical (unpaired) electrons. The van der Waals surface area contributed by atoms with Crippen molar-refractivity contribution in [3.8, 4) is 11.4 Å². The number of carbonyl (C=O) groups excluding carboxylic acids is 3. The van der Waals surface area contributed by atoms with Crippen LogP contribution in [-0.2, 0) is 21.5 Å². The third-order valence-electron chi connectivity index (χ3n) is 6.77. The van der Waals surface area contributed by atoms with Gasteiger partial charge in [0.15, 0.2) is 0 Å². The van der Waals surface area contributed by atoms with E-state index in [9.17, 15) is 19.2 Å². The van der Waals surface area contributed by atoms with Crippen LogP contribution in [0.4, 0.5) is 10.5 Å². The fourth-order valence-corrected chi connectivity index (χ4v) is 4.31. The highest BCUT2D eigenvalue weighted by Crippen LogP contribution is 2.29. The lowest BCUT2D eigenvalue weighted by atomic mass is 9.88. The average molecular weight is 588 g/mol. The Kier molecular flexibility index (Phi) is 9.12. The maximum Gasteiger partial charge on any atom is 0.411 e. The molecule has 0 aliphatic heterocycles. The second kappa shape index (κ2) is 12.8. The largest absolute Gasteiger partial charge is 0.453 e. The molecule has 0 aliphatic carbocycles. The molecule has 0 aliphatic rings. The number of anilines is 1. The molecular formula is C30H33N7O6. The molecule has 3 aromatic heterocycles. The number of hydrogen-bond acceptors (Lipinski definition) is 10. The number of rotatable bonds is 10. The number of pyridine rings is 1. The lowest BCUT2D eigenvalue weighted by molar-refractivity contribution is -0.122. The van der Waals surface area contributed by atoms with Gasteiger partial charge >= 0.3 is 6.09 Å². The molecule has 13 heteroatoms. The highest BCUT2D eigenvalue weighted by molar-refractivity contribution is 5.98. The van der Waals surface area contributed by atoms with Crippen LogP contribution in [0.2, 0.25) is 0 Å². The van der Waals surface area contributed by atoms with Gasteiger partial charge in [0.05, 0.1) is 30.5 Å². The first kappa shape index (κ1) is 30.8. The van der Waals surface area contributed by atoms with Crippen LogP contribution >= 0.6 is 0 Å². The summed E-state index contributed by atoms with van der Waals surface area (Å²) in [6, 6.07) is 13.3. The fraction of sp³-hybridized carbons (Fsp3) is 0.333. The summed E-state index contributed by atoms with van der Waals surface area (Å²) in [5.41, 5.74) is 0.439. The third-order valence-corrected chi connectivity index (χ3v) is 6.77. The SMILES string of the molecule is COC(=O)Nc1cnc(-c2ccccc2)n(CC(=O)N[C@H](C(=O)c2nnc(C(C)(C)c3cccc(C)n3)o2)C(C)C)c1=O. The molecule has 0 saturated carbocycles. The van der Waals surface area contributed by atoms with Gasteiger partial charge in [-0.05, 0) is 38.8 Å². The van der Waals surface area contributed by atoms with E-state index >= 15 is 0 Å². The molecule has 0 bridgehead atoms. The second-order valence-corrected chi connectivity index (χ2v) is 10.7. The molecule has 0 saturated heterocycles. The van der Waals surface area contributed by atoms with Crippen molar-refractivity contribution in [2.24, 2.45) is 5.92 Å². The first-order chi connectivity index (χ1) is 20.4. The van der Waals surface area contributed by atoms with Gasteiger partial charge in [-0.2, -0.15) is 0 Å². The maximum absolute atomic E-state index is 13.5. The molecule has 1 aromatic carbocycles. The van der Waals surface area contributed by atoms with Gasteiger partial charge in [-0.1, -0.05) is 50.2 Å². The maximum atomic E-state index is 13.5. The molecule has 2 amide bonds. The van der Waals surface area contributed by atoms with E-state index in [1.54, 1.807) is 44.2 Å². The van der Waals surface area contributed by atoms with Gasteiger partial charge in [0.2, 0.25) is 17.6 Å². The Bertz CT molecular complexity index is 1690. The molecule has 3 heterocycles. The summed E-state index contributed by atoms with van der Waals surface area (Å²) < 4.78 is 11.5. The van der Waals surface area contributed by atoms with E-state index in [-0.39, 0.29) is 29.2 Å². The summed E-state index contributed by atoms with van der Waals surface area (Å²) in [6.07, 6.45) is 0.324. The van der Waals surface area contributed by atoms with Crippen molar-refractivity contribution in [1.82, 2.24) is 30.0 Å². The smallest absolute Gasteiger partial charge is 0.411 e. The molecule has 224 valence electrons. The molecule has 4 rings (SSSR count). The van der Waals surface area contributed by atoms with Gasteiger partial charge in [0.1, 0.15) is 18.1 Å². The topological polar surface area (TPSA) is 171 Å². The highest BCUT2D eigenvalue weighted by Gasteiger charge is 2.35. The Morgan fingerprint density at radius 2 is 1.77 bits per heavy atom. The minimum absolute atomic E-state index is 0.181. The van der Waals surface area contributed by atoms with Crippen molar-refractivity contribution < 1.29 is 23.5 Å². The summed E-state index contributed by atoms with van der Waals surface area (Å²) in [6.45, 7) is 8.60. The van der Waals surface area contributed by atoms with Crippen molar-refractivity contribution in [1.29, 1.82) is 0 Å². The van der Waals surface area contributed by atoms with Crippen LogP contribution in [0.1, 0.15) is 55.7 Å². The third kappa shape index (κ3) is 6.83. The standard InChI is InChI=1S/C30H33N7O6/c1-17(2)23(24(39)26-35-36-28(43-26)30(4,5)21-14-10-11-18(3)32-21)34-22(38)16-37-25(19-12-8-7-9-13-19)31-15-20(27(37)40)33-29(41)42-6/h7-15,17,23H,16H2,1-6H3,(H,33,41)(H,34,38)/t23-/m0/s1. The van der Waals surface area contributed by atoms with Gasteiger partial charge in [-0.3, -0.25) is 29.3 Å². The van der Waals surface area contributed by atoms with E-state index < -0.39 is 41.3 Å². The molecule has 0 unspecified atom stereocenters. The summed E-state index contributed by atoms with van der Waals surface area (Å²) >= 11 is 0. The normalized spacial score (nSPS) is 12.1. The van der Waals surface area contributed by atoms with Crippen LogP contribution in [0, 0.1) is 12.8 Å². The summed E-state index contributed by atoms with van der Waals surface area (Å²) in [4.78, 5) is 60.8. The van der Waals surface area contributed by atoms with E-state index in [1.807, 2.05) is 39.0 Å². The van der Waals surface area contributed by atoms with Crippen LogP contribution in [0.25, 0.3) is 11.4 Å². The highest BCUT2D eigenvalue weighted by atomic mass is 16.5. The van der Waals surface area contributed by atoms with Crippen molar-refractivity contribution >= 4 is 23.5 Å². The Hall–Kier alpha value is -5.20. The van der Waals surface area contributed by atoms with Crippen LogP contribution in [0.15, 0.2) is 63.9 Å². The van der Waals surface area contributed by atoms with E-state index in [2.05, 4.69) is 35.5 Å². The van der Waals surface area contributed by atoms with E-state index in [0.29, 0.717) is 11.3 Å². The number of benzene rings is 1. The van der Waals surface area contributed by atoms with Crippen molar-refractivity contribution in [2.75, 3.05) is 12.4 Å². The second-order valence-electron chi connectivity index (χ2n) is 10.7. The van der Waals surface area contributed by atoms with Crippen LogP contribution in [-0.4, -0.2) is 55.7 Å².